The van der Waals surface area contributed by atoms with Gasteiger partial charge in [-0.15, -0.1) is 24.0 Å². The SMILES string of the molecule is CN=C(NCCc1c(C)noc1C)NC1CCCN(c2ccccc2)C1.I. The van der Waals surface area contributed by atoms with Crippen molar-refractivity contribution < 1.29 is 4.52 Å². The van der Waals surface area contributed by atoms with Crippen molar-refractivity contribution in [2.45, 2.75) is 39.2 Å². The average molecular weight is 483 g/mol. The average Bonchev–Trinajstić information content (AvgIpc) is 3.00. The van der Waals surface area contributed by atoms with Crippen molar-refractivity contribution in [2.24, 2.45) is 4.99 Å². The zero-order valence-corrected chi connectivity index (χ0v) is 18.7. The Morgan fingerprint density at radius 3 is 2.74 bits per heavy atom. The molecule has 1 aromatic heterocycles. The third kappa shape index (κ3) is 5.85. The number of guanidine groups is 1. The molecule has 0 aliphatic carbocycles. The highest BCUT2D eigenvalue weighted by molar-refractivity contribution is 14.0. The molecule has 6 nitrogen and oxygen atoms in total. The van der Waals surface area contributed by atoms with Gasteiger partial charge in [0, 0.05) is 44.0 Å². The van der Waals surface area contributed by atoms with Crippen molar-refractivity contribution in [1.29, 1.82) is 0 Å². The number of nitrogens with one attached hydrogen (secondary N) is 2. The molecule has 1 unspecified atom stereocenters. The molecule has 1 aliphatic heterocycles. The molecule has 1 saturated heterocycles. The van der Waals surface area contributed by atoms with Gasteiger partial charge in [0.25, 0.3) is 0 Å². The molecule has 0 bridgehead atoms. The molecule has 0 saturated carbocycles. The molecule has 2 aromatic rings. The topological polar surface area (TPSA) is 65.7 Å². The Labute approximate surface area is 178 Å². The maximum Gasteiger partial charge on any atom is 0.191 e. The van der Waals surface area contributed by atoms with Crippen LogP contribution in [0, 0.1) is 13.8 Å². The van der Waals surface area contributed by atoms with Crippen molar-refractivity contribution in [1.82, 2.24) is 15.8 Å². The fourth-order valence-electron chi connectivity index (χ4n) is 3.52. The molecule has 3 rings (SSSR count). The molecule has 1 aromatic carbocycles. The summed E-state index contributed by atoms with van der Waals surface area (Å²) in [6, 6.07) is 11.0. The number of para-hydroxylation sites is 1. The van der Waals surface area contributed by atoms with E-state index in [9.17, 15) is 0 Å². The van der Waals surface area contributed by atoms with E-state index in [0.29, 0.717) is 6.04 Å². The second-order valence-electron chi connectivity index (χ2n) is 6.82. The van der Waals surface area contributed by atoms with E-state index in [4.69, 9.17) is 4.52 Å². The molecule has 1 fully saturated rings. The lowest BCUT2D eigenvalue weighted by Crippen LogP contribution is -2.51. The van der Waals surface area contributed by atoms with Crippen LogP contribution >= 0.6 is 24.0 Å². The molecule has 7 heteroatoms. The van der Waals surface area contributed by atoms with Gasteiger partial charge >= 0.3 is 0 Å². The Morgan fingerprint density at radius 1 is 1.30 bits per heavy atom. The van der Waals surface area contributed by atoms with E-state index in [-0.39, 0.29) is 24.0 Å². The van der Waals surface area contributed by atoms with Crippen LogP contribution in [0.25, 0.3) is 0 Å². The number of aryl methyl sites for hydroxylation is 2. The lowest BCUT2D eigenvalue weighted by molar-refractivity contribution is 0.392. The first-order chi connectivity index (χ1) is 12.7. The fraction of sp³-hybridized carbons (Fsp3) is 0.500. The van der Waals surface area contributed by atoms with Crippen molar-refractivity contribution in [3.05, 3.63) is 47.3 Å². The summed E-state index contributed by atoms with van der Waals surface area (Å²) in [6.45, 7) is 6.86. The number of nitrogens with zero attached hydrogens (tertiary/aromatic N) is 3. The van der Waals surface area contributed by atoms with Gasteiger partial charge in [0.2, 0.25) is 0 Å². The highest BCUT2D eigenvalue weighted by Crippen LogP contribution is 2.19. The molecular weight excluding hydrogens is 453 g/mol. The summed E-state index contributed by atoms with van der Waals surface area (Å²) in [4.78, 5) is 6.82. The molecule has 2 N–H and O–H groups in total. The molecule has 1 aliphatic rings. The Balaban J connectivity index is 0.00000261. The Kier molecular flexibility index (Phi) is 8.40. The number of halogens is 1. The lowest BCUT2D eigenvalue weighted by Gasteiger charge is -2.35. The van der Waals surface area contributed by atoms with Gasteiger partial charge in [0.15, 0.2) is 5.96 Å². The molecule has 1 atom stereocenters. The van der Waals surface area contributed by atoms with E-state index in [0.717, 1.165) is 49.9 Å². The van der Waals surface area contributed by atoms with Crippen molar-refractivity contribution >= 4 is 35.6 Å². The van der Waals surface area contributed by atoms with E-state index >= 15 is 0 Å². The van der Waals surface area contributed by atoms with Gasteiger partial charge in [-0.05, 0) is 45.2 Å². The summed E-state index contributed by atoms with van der Waals surface area (Å²) in [5.41, 5.74) is 3.44. The zero-order valence-electron chi connectivity index (χ0n) is 16.4. The smallest absolute Gasteiger partial charge is 0.191 e. The van der Waals surface area contributed by atoms with Crippen LogP contribution in [0.2, 0.25) is 0 Å². The van der Waals surface area contributed by atoms with Crippen molar-refractivity contribution in [2.75, 3.05) is 31.6 Å². The number of aliphatic imine (C=N–C) groups is 1. The molecule has 0 amide bonds. The Hall–Kier alpha value is -1.77. The number of benzene rings is 1. The van der Waals surface area contributed by atoms with Crippen LogP contribution in [0.1, 0.15) is 29.9 Å². The molecule has 148 valence electrons. The maximum atomic E-state index is 5.23. The lowest BCUT2D eigenvalue weighted by atomic mass is 10.0. The van der Waals surface area contributed by atoms with Gasteiger partial charge in [-0.1, -0.05) is 23.4 Å². The van der Waals surface area contributed by atoms with Crippen LogP contribution < -0.4 is 15.5 Å². The standard InChI is InChI=1S/C20H29N5O.HI/c1-15-19(16(2)26-24-15)11-12-22-20(21-3)23-17-8-7-13-25(14-17)18-9-5-4-6-10-18;/h4-6,9-10,17H,7-8,11-14H2,1-3H3,(H2,21,22,23);1H. The normalized spacial score (nSPS) is 17.4. The van der Waals surface area contributed by atoms with Crippen LogP contribution in [-0.2, 0) is 6.42 Å². The van der Waals surface area contributed by atoms with E-state index in [1.165, 1.54) is 17.7 Å². The predicted octanol–water partition coefficient (Wildman–Crippen LogP) is 3.29. The number of aromatic nitrogens is 1. The predicted molar refractivity (Wildman–Crippen MR) is 121 cm³/mol. The molecule has 0 spiro atoms. The van der Waals surface area contributed by atoms with Gasteiger partial charge in [-0.25, -0.2) is 0 Å². The monoisotopic (exact) mass is 483 g/mol. The zero-order chi connectivity index (χ0) is 18.4. The number of hydrogen-bond donors (Lipinski definition) is 2. The first-order valence-corrected chi connectivity index (χ1v) is 9.36. The van der Waals surface area contributed by atoms with Gasteiger partial charge < -0.3 is 20.1 Å². The van der Waals surface area contributed by atoms with Gasteiger partial charge in [-0.3, -0.25) is 4.99 Å². The van der Waals surface area contributed by atoms with E-state index < -0.39 is 0 Å². The highest BCUT2D eigenvalue weighted by atomic mass is 127. The summed E-state index contributed by atoms with van der Waals surface area (Å²) >= 11 is 0. The first kappa shape index (κ1) is 21.5. The fourth-order valence-corrected chi connectivity index (χ4v) is 3.52. The minimum absolute atomic E-state index is 0. The van der Waals surface area contributed by atoms with E-state index in [1.54, 1.807) is 0 Å². The second kappa shape index (κ2) is 10.5. The number of hydrogen-bond acceptors (Lipinski definition) is 4. The maximum absolute atomic E-state index is 5.23. The van der Waals surface area contributed by atoms with Gasteiger partial charge in [0.1, 0.15) is 5.76 Å². The molecule has 2 heterocycles. The van der Waals surface area contributed by atoms with Crippen molar-refractivity contribution in [3.63, 3.8) is 0 Å². The largest absolute Gasteiger partial charge is 0.369 e. The Morgan fingerprint density at radius 2 is 2.07 bits per heavy atom. The molecule has 0 radical (unpaired) electrons. The van der Waals surface area contributed by atoms with E-state index in [2.05, 4.69) is 56.0 Å². The molecule has 27 heavy (non-hydrogen) atoms. The van der Waals surface area contributed by atoms with Gasteiger partial charge in [0.05, 0.1) is 5.69 Å². The van der Waals surface area contributed by atoms with E-state index in [1.807, 2.05) is 20.9 Å². The summed E-state index contributed by atoms with van der Waals surface area (Å²) < 4.78 is 5.23. The number of rotatable bonds is 5. The number of anilines is 1. The summed E-state index contributed by atoms with van der Waals surface area (Å²) in [6.07, 6.45) is 3.22. The van der Waals surface area contributed by atoms with Crippen molar-refractivity contribution in [3.8, 4) is 0 Å². The van der Waals surface area contributed by atoms with Crippen LogP contribution in [0.3, 0.4) is 0 Å². The highest BCUT2D eigenvalue weighted by Gasteiger charge is 2.21. The summed E-state index contributed by atoms with van der Waals surface area (Å²) in [5, 5.41) is 11.0. The second-order valence-corrected chi connectivity index (χ2v) is 6.82. The molecular formula is C20H30IN5O. The summed E-state index contributed by atoms with van der Waals surface area (Å²) in [5.74, 6) is 1.76. The third-order valence-corrected chi connectivity index (χ3v) is 4.96. The third-order valence-electron chi connectivity index (χ3n) is 4.96. The minimum atomic E-state index is 0. The van der Waals surface area contributed by atoms with Crippen LogP contribution in [0.15, 0.2) is 39.8 Å². The van der Waals surface area contributed by atoms with Crippen LogP contribution in [0.4, 0.5) is 5.69 Å². The first-order valence-electron chi connectivity index (χ1n) is 9.36. The Bertz CT molecular complexity index is 712. The van der Waals surface area contributed by atoms with Crippen LogP contribution in [-0.4, -0.2) is 43.8 Å². The summed E-state index contributed by atoms with van der Waals surface area (Å²) in [7, 11) is 1.82. The minimum Gasteiger partial charge on any atom is -0.369 e. The quantitative estimate of drug-likeness (QED) is 0.388. The van der Waals surface area contributed by atoms with Crippen LogP contribution in [0.5, 0.6) is 0 Å². The van der Waals surface area contributed by atoms with Gasteiger partial charge in [-0.2, -0.15) is 0 Å². The number of piperidine rings is 1.